The zero-order valence-electron chi connectivity index (χ0n) is 14.8. The molecule has 0 spiro atoms. The van der Waals surface area contributed by atoms with Crippen LogP contribution in [-0.4, -0.2) is 38.3 Å². The van der Waals surface area contributed by atoms with Gasteiger partial charge in [-0.1, -0.05) is 0 Å². The van der Waals surface area contributed by atoms with Gasteiger partial charge in [0.2, 0.25) is 0 Å². The summed E-state index contributed by atoms with van der Waals surface area (Å²) in [4.78, 5) is 21.0. The summed E-state index contributed by atoms with van der Waals surface area (Å²) in [7, 11) is 0. The van der Waals surface area contributed by atoms with Crippen LogP contribution in [0.3, 0.4) is 0 Å². The van der Waals surface area contributed by atoms with Gasteiger partial charge in [-0.05, 0) is 56.7 Å². The number of rotatable bonds is 3. The first kappa shape index (κ1) is 20.2. The van der Waals surface area contributed by atoms with Crippen molar-refractivity contribution < 1.29 is 27.8 Å². The number of benzene rings is 1. The first-order valence-corrected chi connectivity index (χ1v) is 7.96. The van der Waals surface area contributed by atoms with Gasteiger partial charge in [0.05, 0.1) is 11.6 Å². The van der Waals surface area contributed by atoms with Crippen molar-refractivity contribution in [1.82, 2.24) is 15.0 Å². The maximum atomic E-state index is 10.6. The first-order valence-electron chi connectivity index (χ1n) is 7.96. The smallest absolute Gasteiger partial charge is 0.490 e. The molecule has 1 aromatic carbocycles. The topological polar surface area (TPSA) is 88.1 Å². The average Bonchev–Trinajstić information content (AvgIpc) is 2.97. The maximum absolute atomic E-state index is 10.6. The molecule has 0 bridgehead atoms. The van der Waals surface area contributed by atoms with Gasteiger partial charge in [-0.2, -0.15) is 13.2 Å². The SMILES string of the molecule is Cc1cnc2nc(-c3ccc(OC(C)C)cc3)[nH]c2c1.O=C(O)C(F)(F)F. The van der Waals surface area contributed by atoms with Crippen LogP contribution in [0.25, 0.3) is 22.6 Å². The van der Waals surface area contributed by atoms with Crippen LogP contribution in [0.15, 0.2) is 36.5 Å². The summed E-state index contributed by atoms with van der Waals surface area (Å²) in [5, 5.41) is 7.12. The molecule has 0 radical (unpaired) electrons. The Kier molecular flexibility index (Phi) is 6.04. The van der Waals surface area contributed by atoms with E-state index in [0.717, 1.165) is 33.9 Å². The molecule has 2 heterocycles. The molecule has 0 saturated heterocycles. The Hall–Kier alpha value is -3.10. The zero-order valence-corrected chi connectivity index (χ0v) is 14.8. The number of nitrogens with zero attached hydrogens (tertiary/aromatic N) is 2. The van der Waals surface area contributed by atoms with Gasteiger partial charge in [-0.3, -0.25) is 0 Å². The number of imidazole rings is 1. The standard InChI is InChI=1S/C16H17N3O.C2HF3O2/c1-10(2)20-13-6-4-12(5-7-13)15-18-14-8-11(3)9-17-16(14)19-15;3-2(4,5)1(6)7/h4-10H,1-3H3,(H,17,18,19);(H,6,7). The molecule has 27 heavy (non-hydrogen) atoms. The highest BCUT2D eigenvalue weighted by atomic mass is 19.4. The van der Waals surface area contributed by atoms with Gasteiger partial charge in [-0.25, -0.2) is 14.8 Å². The molecule has 0 aliphatic rings. The van der Waals surface area contributed by atoms with E-state index in [1.807, 2.05) is 51.2 Å². The molecule has 144 valence electrons. The molecule has 3 rings (SSSR count). The Bertz CT molecular complexity index is 919. The predicted molar refractivity (Wildman–Crippen MR) is 93.5 cm³/mol. The van der Waals surface area contributed by atoms with E-state index in [1.54, 1.807) is 0 Å². The molecule has 0 amide bonds. The van der Waals surface area contributed by atoms with Crippen LogP contribution in [-0.2, 0) is 4.79 Å². The van der Waals surface area contributed by atoms with E-state index in [4.69, 9.17) is 14.6 Å². The fourth-order valence-corrected chi connectivity index (χ4v) is 2.10. The van der Waals surface area contributed by atoms with Gasteiger partial charge in [0.25, 0.3) is 0 Å². The van der Waals surface area contributed by atoms with Crippen LogP contribution in [0.2, 0.25) is 0 Å². The minimum absolute atomic E-state index is 0.180. The molecule has 0 saturated carbocycles. The predicted octanol–water partition coefficient (Wildman–Crippen LogP) is 4.35. The maximum Gasteiger partial charge on any atom is 0.490 e. The molecule has 0 unspecified atom stereocenters. The van der Waals surface area contributed by atoms with Crippen molar-refractivity contribution in [1.29, 1.82) is 0 Å². The number of nitrogens with one attached hydrogen (secondary N) is 1. The monoisotopic (exact) mass is 381 g/mol. The van der Waals surface area contributed by atoms with Crippen molar-refractivity contribution in [3.05, 3.63) is 42.1 Å². The second kappa shape index (κ2) is 8.07. The Morgan fingerprint density at radius 1 is 1.22 bits per heavy atom. The number of aryl methyl sites for hydroxylation is 1. The number of aromatic nitrogens is 3. The van der Waals surface area contributed by atoms with Crippen molar-refractivity contribution in [2.24, 2.45) is 0 Å². The second-order valence-electron chi connectivity index (χ2n) is 5.96. The fraction of sp³-hybridized carbons (Fsp3) is 0.278. The van der Waals surface area contributed by atoms with Crippen molar-refractivity contribution in [3.8, 4) is 17.1 Å². The van der Waals surface area contributed by atoms with Crippen LogP contribution in [0.5, 0.6) is 5.75 Å². The third-order valence-electron chi connectivity index (χ3n) is 3.22. The minimum Gasteiger partial charge on any atom is -0.491 e. The number of carbonyl (C=O) groups is 1. The Balaban J connectivity index is 0.000000321. The van der Waals surface area contributed by atoms with Crippen molar-refractivity contribution in [2.75, 3.05) is 0 Å². The number of aliphatic carboxylic acids is 1. The Morgan fingerprint density at radius 3 is 2.33 bits per heavy atom. The number of pyridine rings is 1. The number of ether oxygens (including phenoxy) is 1. The largest absolute Gasteiger partial charge is 0.491 e. The van der Waals surface area contributed by atoms with Crippen LogP contribution in [0, 0.1) is 6.92 Å². The average molecular weight is 381 g/mol. The quantitative estimate of drug-likeness (QED) is 0.704. The number of fused-ring (bicyclic) bond motifs is 1. The third-order valence-corrected chi connectivity index (χ3v) is 3.22. The molecule has 0 atom stereocenters. The van der Waals surface area contributed by atoms with Crippen molar-refractivity contribution in [2.45, 2.75) is 33.1 Å². The number of hydrogen-bond donors (Lipinski definition) is 2. The second-order valence-corrected chi connectivity index (χ2v) is 5.96. The molecular formula is C18H18F3N3O3. The number of carboxylic acids is 1. The van der Waals surface area contributed by atoms with Crippen molar-refractivity contribution >= 4 is 17.1 Å². The third kappa shape index (κ3) is 5.70. The van der Waals surface area contributed by atoms with E-state index in [1.165, 1.54) is 0 Å². The highest BCUT2D eigenvalue weighted by Gasteiger charge is 2.38. The van der Waals surface area contributed by atoms with E-state index in [9.17, 15) is 13.2 Å². The van der Waals surface area contributed by atoms with E-state index in [0.29, 0.717) is 0 Å². The molecule has 2 aromatic heterocycles. The number of hydrogen-bond acceptors (Lipinski definition) is 4. The van der Waals surface area contributed by atoms with Gasteiger partial charge >= 0.3 is 12.1 Å². The molecule has 0 aliphatic carbocycles. The van der Waals surface area contributed by atoms with E-state index in [-0.39, 0.29) is 6.10 Å². The molecule has 0 fully saturated rings. The summed E-state index contributed by atoms with van der Waals surface area (Å²) in [5.74, 6) is -1.06. The summed E-state index contributed by atoms with van der Waals surface area (Å²) >= 11 is 0. The van der Waals surface area contributed by atoms with Gasteiger partial charge in [0.1, 0.15) is 11.6 Å². The lowest BCUT2D eigenvalue weighted by molar-refractivity contribution is -0.192. The summed E-state index contributed by atoms with van der Waals surface area (Å²) in [6.45, 7) is 6.05. The molecule has 2 N–H and O–H groups in total. The Labute approximate surface area is 153 Å². The normalized spacial score (nSPS) is 11.2. The fourth-order valence-electron chi connectivity index (χ4n) is 2.10. The Morgan fingerprint density at radius 2 is 1.81 bits per heavy atom. The van der Waals surface area contributed by atoms with E-state index in [2.05, 4.69) is 21.0 Å². The summed E-state index contributed by atoms with van der Waals surface area (Å²) in [5.41, 5.74) is 3.85. The lowest BCUT2D eigenvalue weighted by Gasteiger charge is -2.09. The highest BCUT2D eigenvalue weighted by molar-refractivity contribution is 5.76. The molecule has 3 aromatic rings. The number of halogens is 3. The number of aromatic amines is 1. The van der Waals surface area contributed by atoms with Gasteiger partial charge < -0.3 is 14.8 Å². The highest BCUT2D eigenvalue weighted by Crippen LogP contribution is 2.23. The number of H-pyrrole nitrogens is 1. The first-order chi connectivity index (χ1) is 12.6. The minimum atomic E-state index is -5.08. The van der Waals surface area contributed by atoms with Crippen molar-refractivity contribution in [3.63, 3.8) is 0 Å². The van der Waals surface area contributed by atoms with Crippen LogP contribution in [0.4, 0.5) is 13.2 Å². The van der Waals surface area contributed by atoms with Gasteiger partial charge in [0, 0.05) is 11.8 Å². The van der Waals surface area contributed by atoms with Gasteiger partial charge in [-0.15, -0.1) is 0 Å². The number of alkyl halides is 3. The van der Waals surface area contributed by atoms with Gasteiger partial charge in [0.15, 0.2) is 5.65 Å². The lowest BCUT2D eigenvalue weighted by atomic mass is 10.2. The summed E-state index contributed by atoms with van der Waals surface area (Å²) < 4.78 is 37.4. The van der Waals surface area contributed by atoms with E-state index >= 15 is 0 Å². The van der Waals surface area contributed by atoms with Crippen LogP contribution in [0.1, 0.15) is 19.4 Å². The molecule has 0 aliphatic heterocycles. The molecular weight excluding hydrogens is 363 g/mol. The van der Waals surface area contributed by atoms with Crippen LogP contribution < -0.4 is 4.74 Å². The van der Waals surface area contributed by atoms with Crippen LogP contribution >= 0.6 is 0 Å². The molecule has 9 heteroatoms. The van der Waals surface area contributed by atoms with E-state index < -0.39 is 12.1 Å². The molecule has 6 nitrogen and oxygen atoms in total. The summed E-state index contributed by atoms with van der Waals surface area (Å²) in [6, 6.07) is 9.97. The number of carboxylic acid groups (broad SMARTS) is 1. The lowest BCUT2D eigenvalue weighted by Crippen LogP contribution is -2.21. The zero-order chi connectivity index (χ0) is 20.2. The summed E-state index contributed by atoms with van der Waals surface area (Å²) in [6.07, 6.45) is -3.08.